The number of rotatable bonds is 6. The van der Waals surface area contributed by atoms with Crippen LogP contribution >= 0.6 is 0 Å². The van der Waals surface area contributed by atoms with Crippen LogP contribution in [0.4, 0.5) is 0 Å². The number of hydrogen-bond acceptors (Lipinski definition) is 7. The molecule has 3 fully saturated rings. The second-order valence-electron chi connectivity index (χ2n) is 8.77. The molecule has 7 heteroatoms. The summed E-state index contributed by atoms with van der Waals surface area (Å²) in [4.78, 5) is 4.78. The maximum Gasteiger partial charge on any atom is 0.124 e. The van der Waals surface area contributed by atoms with E-state index in [0.717, 1.165) is 51.5 Å². The van der Waals surface area contributed by atoms with Crippen LogP contribution in [0.25, 0.3) is 5.70 Å². The summed E-state index contributed by atoms with van der Waals surface area (Å²) in [6.07, 6.45) is 9.60. The smallest absolute Gasteiger partial charge is 0.124 e. The molecule has 0 radical (unpaired) electrons. The lowest BCUT2D eigenvalue weighted by Gasteiger charge is -2.42. The summed E-state index contributed by atoms with van der Waals surface area (Å²) in [5, 5.41) is 10.1. The topological polar surface area (TPSA) is 114 Å². The van der Waals surface area contributed by atoms with Crippen LogP contribution in [-0.4, -0.2) is 59.3 Å². The largest absolute Gasteiger partial charge is 0.507 e. The van der Waals surface area contributed by atoms with Crippen LogP contribution < -0.4 is 17.2 Å². The minimum atomic E-state index is 0.136. The van der Waals surface area contributed by atoms with E-state index in [9.17, 15) is 5.11 Å². The van der Waals surface area contributed by atoms with Gasteiger partial charge in [0.15, 0.2) is 0 Å². The van der Waals surface area contributed by atoms with Gasteiger partial charge in [0.2, 0.25) is 0 Å². The fourth-order valence-electron chi connectivity index (χ4n) is 4.76. The lowest BCUT2D eigenvalue weighted by molar-refractivity contribution is -0.0472. The van der Waals surface area contributed by atoms with E-state index in [-0.39, 0.29) is 17.7 Å². The van der Waals surface area contributed by atoms with E-state index in [1.54, 1.807) is 24.3 Å². The number of likely N-dealkylation sites (tertiary alicyclic amines) is 2. The average molecular weight is 414 g/mol. The molecule has 0 aromatic heterocycles. The second-order valence-corrected chi connectivity index (χ2v) is 8.77. The third-order valence-electron chi connectivity index (χ3n) is 6.74. The lowest BCUT2D eigenvalue weighted by atomic mass is 9.90. The highest BCUT2D eigenvalue weighted by Gasteiger charge is 2.32. The highest BCUT2D eigenvalue weighted by molar-refractivity contribution is 5.69. The van der Waals surface area contributed by atoms with Gasteiger partial charge in [-0.1, -0.05) is 18.6 Å². The highest BCUT2D eigenvalue weighted by atomic mass is 16.5. The zero-order valence-corrected chi connectivity index (χ0v) is 17.7. The van der Waals surface area contributed by atoms with E-state index < -0.39 is 0 Å². The van der Waals surface area contributed by atoms with Crippen LogP contribution in [0, 0.1) is 0 Å². The van der Waals surface area contributed by atoms with Crippen molar-refractivity contribution in [2.75, 3.05) is 26.2 Å². The Balaban J connectivity index is 1.33. The van der Waals surface area contributed by atoms with E-state index in [1.807, 2.05) is 6.07 Å². The summed E-state index contributed by atoms with van der Waals surface area (Å²) in [7, 11) is 0. The van der Waals surface area contributed by atoms with Crippen LogP contribution in [-0.2, 0) is 4.74 Å². The second kappa shape index (κ2) is 9.18. The number of nitrogens with two attached hydrogens (primary N) is 3. The predicted molar refractivity (Wildman–Crippen MR) is 119 cm³/mol. The van der Waals surface area contributed by atoms with Gasteiger partial charge in [-0.3, -0.25) is 0 Å². The van der Waals surface area contributed by atoms with Crippen molar-refractivity contribution < 1.29 is 9.84 Å². The van der Waals surface area contributed by atoms with Gasteiger partial charge in [0, 0.05) is 43.5 Å². The molecule has 0 spiro atoms. The monoisotopic (exact) mass is 413 g/mol. The minimum Gasteiger partial charge on any atom is -0.507 e. The number of phenolic OH excluding ortho intramolecular Hbond substituents is 1. The first-order valence-corrected chi connectivity index (χ1v) is 11.2. The van der Waals surface area contributed by atoms with E-state index in [0.29, 0.717) is 23.1 Å². The molecule has 164 valence electrons. The third-order valence-corrected chi connectivity index (χ3v) is 6.74. The molecule has 0 bridgehead atoms. The SMILES string of the molecule is NC(N)=C(/C=C(\N)c1ccccc1O)N1CCC(OC2CCN(C3CCC3)CC2)C1. The Kier molecular flexibility index (Phi) is 6.39. The molecule has 2 aliphatic heterocycles. The van der Waals surface area contributed by atoms with E-state index in [2.05, 4.69) is 9.80 Å². The molecular formula is C23H35N5O2. The average Bonchev–Trinajstić information content (AvgIpc) is 3.14. The first-order chi connectivity index (χ1) is 14.5. The van der Waals surface area contributed by atoms with E-state index in [4.69, 9.17) is 21.9 Å². The Bertz CT molecular complexity index is 793. The summed E-state index contributed by atoms with van der Waals surface area (Å²) >= 11 is 0. The molecule has 2 heterocycles. The number of hydrogen-bond donors (Lipinski definition) is 4. The molecule has 7 nitrogen and oxygen atoms in total. The number of para-hydroxylation sites is 1. The molecule has 1 aromatic carbocycles. The molecule has 1 aromatic rings. The van der Waals surface area contributed by atoms with E-state index in [1.165, 1.54) is 19.3 Å². The minimum absolute atomic E-state index is 0.136. The van der Waals surface area contributed by atoms with Gasteiger partial charge in [-0.25, -0.2) is 0 Å². The van der Waals surface area contributed by atoms with Gasteiger partial charge in [0.1, 0.15) is 11.6 Å². The van der Waals surface area contributed by atoms with Gasteiger partial charge in [0.25, 0.3) is 0 Å². The summed E-state index contributed by atoms with van der Waals surface area (Å²) in [6, 6.07) is 7.81. The molecule has 2 saturated heterocycles. The molecule has 7 N–H and O–H groups in total. The fraction of sp³-hybridized carbons (Fsp3) is 0.565. The van der Waals surface area contributed by atoms with Crippen molar-refractivity contribution in [1.82, 2.24) is 9.80 Å². The van der Waals surface area contributed by atoms with Crippen molar-refractivity contribution in [1.29, 1.82) is 0 Å². The van der Waals surface area contributed by atoms with Gasteiger partial charge in [-0.15, -0.1) is 0 Å². The zero-order chi connectivity index (χ0) is 21.1. The first kappa shape index (κ1) is 20.9. The molecule has 0 amide bonds. The Morgan fingerprint density at radius 1 is 0.967 bits per heavy atom. The highest BCUT2D eigenvalue weighted by Crippen LogP contribution is 2.30. The Labute approximate surface area is 179 Å². The number of piperidine rings is 1. The summed E-state index contributed by atoms with van der Waals surface area (Å²) < 4.78 is 6.44. The molecule has 1 atom stereocenters. The lowest BCUT2D eigenvalue weighted by Crippen LogP contribution is -2.46. The summed E-state index contributed by atoms with van der Waals surface area (Å²) in [5.41, 5.74) is 19.9. The number of aromatic hydroxyl groups is 1. The normalized spacial score (nSPS) is 24.1. The fourth-order valence-corrected chi connectivity index (χ4v) is 4.76. The number of nitrogens with zero attached hydrogens (tertiary/aromatic N) is 2. The maximum absolute atomic E-state index is 10.1. The summed E-state index contributed by atoms with van der Waals surface area (Å²) in [6.45, 7) is 3.89. The maximum atomic E-state index is 10.1. The van der Waals surface area contributed by atoms with Crippen molar-refractivity contribution in [2.45, 2.75) is 56.8 Å². The first-order valence-electron chi connectivity index (χ1n) is 11.2. The van der Waals surface area contributed by atoms with Crippen LogP contribution in [0.5, 0.6) is 5.75 Å². The van der Waals surface area contributed by atoms with Gasteiger partial charge in [-0.2, -0.15) is 0 Å². The van der Waals surface area contributed by atoms with Gasteiger partial charge in [-0.05, 0) is 50.3 Å². The Morgan fingerprint density at radius 2 is 1.67 bits per heavy atom. The molecule has 1 aliphatic carbocycles. The number of phenols is 1. The van der Waals surface area contributed by atoms with Crippen molar-refractivity contribution in [3.05, 3.63) is 47.4 Å². The van der Waals surface area contributed by atoms with Crippen molar-refractivity contribution in [3.8, 4) is 5.75 Å². The van der Waals surface area contributed by atoms with E-state index >= 15 is 0 Å². The van der Waals surface area contributed by atoms with Crippen LogP contribution in [0.1, 0.15) is 44.1 Å². The quantitative estimate of drug-likeness (QED) is 0.527. The Morgan fingerprint density at radius 3 is 2.30 bits per heavy atom. The molecule has 1 unspecified atom stereocenters. The molecule has 30 heavy (non-hydrogen) atoms. The van der Waals surface area contributed by atoms with Gasteiger partial charge < -0.3 is 36.8 Å². The zero-order valence-electron chi connectivity index (χ0n) is 17.7. The van der Waals surface area contributed by atoms with Gasteiger partial charge >= 0.3 is 0 Å². The molecule has 3 aliphatic rings. The van der Waals surface area contributed by atoms with Crippen LogP contribution in [0.3, 0.4) is 0 Å². The van der Waals surface area contributed by atoms with Crippen LogP contribution in [0.2, 0.25) is 0 Å². The van der Waals surface area contributed by atoms with Crippen molar-refractivity contribution in [2.24, 2.45) is 17.2 Å². The molecule has 4 rings (SSSR count). The number of benzene rings is 1. The number of allylic oxidation sites excluding steroid dienone is 1. The summed E-state index contributed by atoms with van der Waals surface area (Å²) in [5.74, 6) is 0.361. The standard InChI is InChI=1S/C23H35N5O2/c24-20(19-6-1-2-7-22(19)29)14-21(23(25)26)28-13-10-18(15-28)30-17-8-11-27(12-9-17)16-4-3-5-16/h1-2,6-7,14,16-18,29H,3-5,8-13,15,24-26H2/b20-14-. The molecular weight excluding hydrogens is 378 g/mol. The Hall–Kier alpha value is -2.38. The predicted octanol–water partition coefficient (Wildman–Crippen LogP) is 1.89. The molecule has 1 saturated carbocycles. The van der Waals surface area contributed by atoms with Gasteiger partial charge in [0.05, 0.1) is 17.9 Å². The van der Waals surface area contributed by atoms with Crippen molar-refractivity contribution >= 4 is 5.70 Å². The number of ether oxygens (including phenoxy) is 1. The van der Waals surface area contributed by atoms with Crippen LogP contribution in [0.15, 0.2) is 41.9 Å². The third kappa shape index (κ3) is 4.68. The van der Waals surface area contributed by atoms with Crippen molar-refractivity contribution in [3.63, 3.8) is 0 Å².